The number of nitrogens with zero attached hydrogens (tertiary/aromatic N) is 1. The van der Waals surface area contributed by atoms with Gasteiger partial charge in [0, 0.05) is 71.2 Å². The minimum Gasteiger partial charge on any atom is -0.480 e. The first-order chi connectivity index (χ1) is 26.1. The molecule has 6 N–H and O–H groups in total. The standard InChI is InChI=1S/C40H64N6O8/c1-2-3-4-5-6-7-8-9-10-11-15-20-34(47)41-25-21-35(48)42-26-22-36(49)43-27-23-37(50)44-28-24-38(51)46-29-16-19-33(46)39(52)45-32(40(53)54)30-31-17-13-12-14-18-31/h12-14,17-18,32-33H,2-11,15-16,19-30H2,1H3,(H,41,47)(H,42,48)(H,43,49)(H,44,50)(H,45,52)(H,53,54)/t32-,33-/m0/s1. The Morgan fingerprint density at radius 1 is 0.648 bits per heavy atom. The Kier molecular flexibility index (Phi) is 23.7. The van der Waals surface area contributed by atoms with Gasteiger partial charge in [-0.25, -0.2) is 4.79 Å². The van der Waals surface area contributed by atoms with Crippen LogP contribution in [0, 0.1) is 0 Å². The van der Waals surface area contributed by atoms with Crippen molar-refractivity contribution >= 4 is 41.4 Å². The molecule has 1 saturated heterocycles. The molecule has 0 bridgehead atoms. The number of carboxylic acids is 1. The van der Waals surface area contributed by atoms with Crippen LogP contribution >= 0.6 is 0 Å². The Morgan fingerprint density at radius 3 is 1.61 bits per heavy atom. The van der Waals surface area contributed by atoms with Crippen molar-refractivity contribution in [2.75, 3.05) is 32.7 Å². The van der Waals surface area contributed by atoms with Crippen LogP contribution in [0.4, 0.5) is 0 Å². The molecule has 1 aromatic carbocycles. The van der Waals surface area contributed by atoms with Crippen LogP contribution in [0.2, 0.25) is 0 Å². The molecular weight excluding hydrogens is 692 g/mol. The minimum absolute atomic E-state index is 0.00207. The number of amides is 6. The van der Waals surface area contributed by atoms with Gasteiger partial charge in [-0.3, -0.25) is 28.8 Å². The fraction of sp³-hybridized carbons (Fsp3) is 0.675. The van der Waals surface area contributed by atoms with Crippen LogP contribution in [-0.4, -0.2) is 96.2 Å². The summed E-state index contributed by atoms with van der Waals surface area (Å²) in [5.74, 6) is -3.00. The summed E-state index contributed by atoms with van der Waals surface area (Å²) >= 11 is 0. The molecule has 0 radical (unpaired) electrons. The lowest BCUT2D eigenvalue weighted by Crippen LogP contribution is -2.51. The van der Waals surface area contributed by atoms with Gasteiger partial charge in [0.05, 0.1) is 0 Å². The number of hydrogen-bond donors (Lipinski definition) is 6. The lowest BCUT2D eigenvalue weighted by Gasteiger charge is -2.25. The highest BCUT2D eigenvalue weighted by Gasteiger charge is 2.35. The van der Waals surface area contributed by atoms with Gasteiger partial charge in [0.25, 0.3) is 0 Å². The molecule has 1 heterocycles. The van der Waals surface area contributed by atoms with Gasteiger partial charge >= 0.3 is 5.97 Å². The Hall–Kier alpha value is -4.49. The highest BCUT2D eigenvalue weighted by Crippen LogP contribution is 2.19. The van der Waals surface area contributed by atoms with Gasteiger partial charge in [0.15, 0.2) is 0 Å². The maximum Gasteiger partial charge on any atom is 0.326 e. The Bertz CT molecular complexity index is 1310. The summed E-state index contributed by atoms with van der Waals surface area (Å²) in [6.07, 6.45) is 15.2. The van der Waals surface area contributed by atoms with Crippen molar-refractivity contribution in [2.45, 2.75) is 141 Å². The van der Waals surface area contributed by atoms with Crippen LogP contribution in [0.15, 0.2) is 30.3 Å². The number of rotatable bonds is 29. The van der Waals surface area contributed by atoms with Crippen molar-refractivity contribution in [1.82, 2.24) is 31.5 Å². The minimum atomic E-state index is -1.16. The number of carboxylic acid groups (broad SMARTS) is 1. The SMILES string of the molecule is CCCCCCCCCCCCCC(=O)NCCC(=O)NCCC(=O)NCCC(=O)NCCC(=O)N1CCC[C@H]1C(=O)N[C@@H](Cc1ccccc1)C(=O)O. The zero-order valence-electron chi connectivity index (χ0n) is 32.3. The van der Waals surface area contributed by atoms with E-state index in [9.17, 15) is 38.7 Å². The van der Waals surface area contributed by atoms with Gasteiger partial charge in [-0.15, -0.1) is 0 Å². The maximum atomic E-state index is 13.0. The third kappa shape index (κ3) is 20.7. The first-order valence-electron chi connectivity index (χ1n) is 20.0. The van der Waals surface area contributed by atoms with Gasteiger partial charge < -0.3 is 36.6 Å². The van der Waals surface area contributed by atoms with E-state index in [2.05, 4.69) is 33.5 Å². The van der Waals surface area contributed by atoms with Gasteiger partial charge in [-0.2, -0.15) is 0 Å². The summed E-state index contributed by atoms with van der Waals surface area (Å²) in [6, 6.07) is 7.06. The third-order valence-corrected chi connectivity index (χ3v) is 9.46. The quantitative estimate of drug-likeness (QED) is 0.0667. The number of carbonyl (C=O) groups is 7. The van der Waals surface area contributed by atoms with Crippen molar-refractivity contribution < 1.29 is 38.7 Å². The number of hydrogen-bond acceptors (Lipinski definition) is 7. The van der Waals surface area contributed by atoms with E-state index in [4.69, 9.17) is 0 Å². The molecule has 302 valence electrons. The van der Waals surface area contributed by atoms with Crippen molar-refractivity contribution in [3.63, 3.8) is 0 Å². The average Bonchev–Trinajstić information content (AvgIpc) is 3.65. The normalized spacial score (nSPS) is 14.2. The molecule has 2 atom stereocenters. The largest absolute Gasteiger partial charge is 0.480 e. The highest BCUT2D eigenvalue weighted by atomic mass is 16.4. The fourth-order valence-electron chi connectivity index (χ4n) is 6.36. The first-order valence-corrected chi connectivity index (χ1v) is 20.0. The highest BCUT2D eigenvalue weighted by molar-refractivity contribution is 5.91. The van der Waals surface area contributed by atoms with Crippen molar-refractivity contribution in [2.24, 2.45) is 0 Å². The van der Waals surface area contributed by atoms with E-state index in [1.165, 1.54) is 56.3 Å². The van der Waals surface area contributed by atoms with Crippen LogP contribution in [0.3, 0.4) is 0 Å². The predicted molar refractivity (Wildman–Crippen MR) is 206 cm³/mol. The molecule has 54 heavy (non-hydrogen) atoms. The van der Waals surface area contributed by atoms with Crippen LogP contribution in [-0.2, 0) is 40.0 Å². The molecule has 14 heteroatoms. The molecule has 0 aromatic heterocycles. The number of likely N-dealkylation sites (tertiary alicyclic amines) is 1. The van der Waals surface area contributed by atoms with Crippen molar-refractivity contribution in [3.05, 3.63) is 35.9 Å². The van der Waals surface area contributed by atoms with E-state index >= 15 is 0 Å². The molecule has 14 nitrogen and oxygen atoms in total. The smallest absolute Gasteiger partial charge is 0.326 e. The Morgan fingerprint density at radius 2 is 1.11 bits per heavy atom. The topological polar surface area (TPSA) is 203 Å². The molecule has 0 saturated carbocycles. The molecule has 0 aliphatic carbocycles. The van der Waals surface area contributed by atoms with Crippen molar-refractivity contribution in [3.8, 4) is 0 Å². The molecule has 2 rings (SSSR count). The Balaban J connectivity index is 1.48. The molecule has 0 spiro atoms. The third-order valence-electron chi connectivity index (χ3n) is 9.46. The average molecular weight is 757 g/mol. The maximum absolute atomic E-state index is 13.0. The molecule has 1 aliphatic rings. The number of unbranched alkanes of at least 4 members (excludes halogenated alkanes) is 10. The number of aliphatic carboxylic acids is 1. The summed E-state index contributed by atoms with van der Waals surface area (Å²) < 4.78 is 0. The second-order valence-corrected chi connectivity index (χ2v) is 14.0. The number of benzene rings is 1. The van der Waals surface area contributed by atoms with E-state index < -0.39 is 24.0 Å². The molecular formula is C40H64N6O8. The van der Waals surface area contributed by atoms with E-state index in [-0.39, 0.29) is 87.8 Å². The molecule has 0 unspecified atom stereocenters. The summed E-state index contributed by atoms with van der Waals surface area (Å²) in [5, 5.41) is 22.9. The first kappa shape index (κ1) is 45.7. The van der Waals surface area contributed by atoms with E-state index in [1.54, 1.807) is 24.3 Å². The van der Waals surface area contributed by atoms with E-state index in [0.29, 0.717) is 25.8 Å². The molecule has 1 aromatic rings. The number of carbonyl (C=O) groups excluding carboxylic acids is 6. The summed E-state index contributed by atoms with van der Waals surface area (Å²) in [5.41, 5.74) is 0.766. The van der Waals surface area contributed by atoms with Crippen LogP contribution in [0.5, 0.6) is 0 Å². The van der Waals surface area contributed by atoms with Gasteiger partial charge in [0.2, 0.25) is 35.4 Å². The van der Waals surface area contributed by atoms with Crippen LogP contribution < -0.4 is 26.6 Å². The van der Waals surface area contributed by atoms with Crippen LogP contribution in [0.25, 0.3) is 0 Å². The zero-order valence-corrected chi connectivity index (χ0v) is 32.3. The van der Waals surface area contributed by atoms with Crippen molar-refractivity contribution in [1.29, 1.82) is 0 Å². The van der Waals surface area contributed by atoms with Gasteiger partial charge in [-0.05, 0) is 24.8 Å². The predicted octanol–water partition coefficient (Wildman–Crippen LogP) is 3.52. The fourth-order valence-corrected chi connectivity index (χ4v) is 6.36. The van der Waals surface area contributed by atoms with Crippen LogP contribution in [0.1, 0.15) is 128 Å². The lowest BCUT2D eigenvalue weighted by atomic mass is 10.1. The van der Waals surface area contributed by atoms with Gasteiger partial charge in [-0.1, -0.05) is 101 Å². The molecule has 1 fully saturated rings. The summed E-state index contributed by atoms with van der Waals surface area (Å²) in [4.78, 5) is 87.5. The number of nitrogens with one attached hydrogen (secondary N) is 5. The van der Waals surface area contributed by atoms with E-state index in [0.717, 1.165) is 24.8 Å². The second kappa shape index (κ2) is 28.0. The lowest BCUT2D eigenvalue weighted by molar-refractivity contribution is -0.143. The summed E-state index contributed by atoms with van der Waals surface area (Å²) in [7, 11) is 0. The van der Waals surface area contributed by atoms with Gasteiger partial charge in [0.1, 0.15) is 12.1 Å². The monoisotopic (exact) mass is 756 g/mol. The zero-order chi connectivity index (χ0) is 39.4. The molecule has 1 aliphatic heterocycles. The second-order valence-electron chi connectivity index (χ2n) is 14.0. The van der Waals surface area contributed by atoms with E-state index in [1.807, 2.05) is 6.07 Å². The Labute approximate surface area is 320 Å². The summed E-state index contributed by atoms with van der Waals surface area (Å²) in [6.45, 7) is 3.10. The molecule has 6 amide bonds.